The molecule has 0 unspecified atom stereocenters. The molecule has 0 spiro atoms. The zero-order valence-electron chi connectivity index (χ0n) is 14.3. The van der Waals surface area contributed by atoms with Gasteiger partial charge in [-0.05, 0) is 42.0 Å². The summed E-state index contributed by atoms with van der Waals surface area (Å²) in [7, 11) is 0. The molecule has 2 aromatic rings. The summed E-state index contributed by atoms with van der Waals surface area (Å²) >= 11 is 0. The third-order valence-corrected chi connectivity index (χ3v) is 5.52. The van der Waals surface area contributed by atoms with Gasteiger partial charge < -0.3 is 9.47 Å². The number of hydrogen-bond acceptors (Lipinski definition) is 3. The fourth-order valence-electron chi connectivity index (χ4n) is 4.26. The van der Waals surface area contributed by atoms with Gasteiger partial charge in [-0.2, -0.15) is 0 Å². The molecule has 1 aliphatic carbocycles. The molecule has 1 heterocycles. The number of morpholine rings is 1. The topological polar surface area (TPSA) is 21.7 Å². The summed E-state index contributed by atoms with van der Waals surface area (Å²) in [4.78, 5) is 2.58. The van der Waals surface area contributed by atoms with Crippen LogP contribution in [-0.2, 0) is 15.9 Å². The molecule has 24 heavy (non-hydrogen) atoms. The van der Waals surface area contributed by atoms with Crippen LogP contribution >= 0.6 is 0 Å². The first-order valence-electron chi connectivity index (χ1n) is 9.32. The van der Waals surface area contributed by atoms with Crippen molar-refractivity contribution >= 4 is 10.8 Å². The van der Waals surface area contributed by atoms with Gasteiger partial charge in [-0.1, -0.05) is 42.5 Å². The van der Waals surface area contributed by atoms with E-state index in [4.69, 9.17) is 9.47 Å². The van der Waals surface area contributed by atoms with E-state index in [2.05, 4.69) is 47.4 Å². The maximum Gasteiger partial charge on any atom is 0.0730 e. The van der Waals surface area contributed by atoms with E-state index in [1.165, 1.54) is 35.6 Å². The first-order chi connectivity index (χ1) is 11.9. The zero-order chi connectivity index (χ0) is 16.2. The molecule has 2 fully saturated rings. The summed E-state index contributed by atoms with van der Waals surface area (Å²) < 4.78 is 11.8. The molecule has 128 valence electrons. The lowest BCUT2D eigenvalue weighted by atomic mass is 10.0. The van der Waals surface area contributed by atoms with Crippen LogP contribution in [0.25, 0.3) is 10.8 Å². The van der Waals surface area contributed by atoms with Crippen molar-refractivity contribution in [3.63, 3.8) is 0 Å². The Kier molecular flexibility index (Phi) is 5.12. The molecule has 3 heteroatoms. The number of benzene rings is 2. The maximum atomic E-state index is 6.34. The van der Waals surface area contributed by atoms with Crippen molar-refractivity contribution < 1.29 is 9.47 Å². The van der Waals surface area contributed by atoms with Gasteiger partial charge in [0, 0.05) is 19.1 Å². The van der Waals surface area contributed by atoms with Crippen LogP contribution in [0, 0.1) is 0 Å². The van der Waals surface area contributed by atoms with Gasteiger partial charge in [0.15, 0.2) is 0 Å². The maximum absolute atomic E-state index is 6.34. The average Bonchev–Trinajstić information content (AvgIpc) is 3.11. The molecule has 2 aromatic carbocycles. The van der Waals surface area contributed by atoms with E-state index >= 15 is 0 Å². The Labute approximate surface area is 144 Å². The van der Waals surface area contributed by atoms with Crippen molar-refractivity contribution in [2.75, 3.05) is 32.9 Å². The first kappa shape index (κ1) is 16.1. The van der Waals surface area contributed by atoms with Crippen molar-refractivity contribution in [1.82, 2.24) is 4.90 Å². The lowest BCUT2D eigenvalue weighted by Crippen LogP contribution is -2.47. The molecule has 2 aliphatic rings. The van der Waals surface area contributed by atoms with Crippen LogP contribution in [-0.4, -0.2) is 50.0 Å². The molecule has 0 bridgehead atoms. The average molecular weight is 325 g/mol. The van der Waals surface area contributed by atoms with Crippen LogP contribution in [0.2, 0.25) is 0 Å². The van der Waals surface area contributed by atoms with E-state index in [-0.39, 0.29) is 0 Å². The summed E-state index contributed by atoms with van der Waals surface area (Å²) in [6.07, 6.45) is 5.17. The van der Waals surface area contributed by atoms with Crippen LogP contribution in [0.5, 0.6) is 0 Å². The molecule has 1 saturated heterocycles. The van der Waals surface area contributed by atoms with Crippen LogP contribution in [0.4, 0.5) is 0 Å². The Hall–Kier alpha value is -1.42. The second-order valence-electron chi connectivity index (χ2n) is 6.94. The molecular formula is C21H27NO2. The van der Waals surface area contributed by atoms with Gasteiger partial charge in [0.25, 0.3) is 0 Å². The standard InChI is InChI=1S/C21H27NO2/c1-2-8-19-17(5-1)6-3-7-18(19)11-14-24-21-10-4-9-20(21)22-12-15-23-16-13-22/h1-3,5-8,20-21H,4,9-16H2/t20-,21-/m0/s1. The molecular weight excluding hydrogens is 298 g/mol. The lowest BCUT2D eigenvalue weighted by molar-refractivity contribution is -0.0366. The predicted molar refractivity (Wildman–Crippen MR) is 97.4 cm³/mol. The molecule has 0 aromatic heterocycles. The predicted octanol–water partition coefficient (Wildman–Crippen LogP) is 3.65. The van der Waals surface area contributed by atoms with Gasteiger partial charge >= 0.3 is 0 Å². The highest BCUT2D eigenvalue weighted by molar-refractivity contribution is 5.85. The van der Waals surface area contributed by atoms with Crippen molar-refractivity contribution in [3.8, 4) is 0 Å². The molecule has 2 atom stereocenters. The monoisotopic (exact) mass is 325 g/mol. The summed E-state index contributed by atoms with van der Waals surface area (Å²) in [6.45, 7) is 4.69. The van der Waals surface area contributed by atoms with E-state index < -0.39 is 0 Å². The highest BCUT2D eigenvalue weighted by atomic mass is 16.5. The molecule has 0 amide bonds. The van der Waals surface area contributed by atoms with Gasteiger partial charge in [0.2, 0.25) is 0 Å². The second-order valence-corrected chi connectivity index (χ2v) is 6.94. The van der Waals surface area contributed by atoms with Crippen LogP contribution in [0.1, 0.15) is 24.8 Å². The fourth-order valence-corrected chi connectivity index (χ4v) is 4.26. The van der Waals surface area contributed by atoms with Gasteiger partial charge in [0.05, 0.1) is 25.9 Å². The number of hydrogen-bond donors (Lipinski definition) is 0. The molecule has 0 N–H and O–H groups in total. The third-order valence-electron chi connectivity index (χ3n) is 5.52. The molecule has 0 radical (unpaired) electrons. The zero-order valence-corrected chi connectivity index (χ0v) is 14.3. The van der Waals surface area contributed by atoms with Gasteiger partial charge in [-0.15, -0.1) is 0 Å². The second kappa shape index (κ2) is 7.64. The minimum atomic E-state index is 0.401. The van der Waals surface area contributed by atoms with Crippen LogP contribution in [0.3, 0.4) is 0 Å². The van der Waals surface area contributed by atoms with Gasteiger partial charge in [-0.3, -0.25) is 4.90 Å². The normalized spacial score (nSPS) is 25.3. The summed E-state index contributed by atoms with van der Waals surface area (Å²) in [6, 6.07) is 15.8. The quantitative estimate of drug-likeness (QED) is 0.837. The largest absolute Gasteiger partial charge is 0.379 e. The fraction of sp³-hybridized carbons (Fsp3) is 0.524. The summed E-state index contributed by atoms with van der Waals surface area (Å²) in [5.41, 5.74) is 1.40. The van der Waals surface area contributed by atoms with Crippen molar-refractivity contribution in [2.24, 2.45) is 0 Å². The highest BCUT2D eigenvalue weighted by Crippen LogP contribution is 2.28. The molecule has 3 nitrogen and oxygen atoms in total. The van der Waals surface area contributed by atoms with Gasteiger partial charge in [0.1, 0.15) is 0 Å². The lowest BCUT2D eigenvalue weighted by Gasteiger charge is -2.35. The summed E-state index contributed by atoms with van der Waals surface area (Å²) in [5.74, 6) is 0. The van der Waals surface area contributed by atoms with E-state index in [1.54, 1.807) is 0 Å². The minimum absolute atomic E-state index is 0.401. The van der Waals surface area contributed by atoms with Crippen LogP contribution in [0.15, 0.2) is 42.5 Å². The van der Waals surface area contributed by atoms with Crippen molar-refractivity contribution in [1.29, 1.82) is 0 Å². The number of fused-ring (bicyclic) bond motifs is 1. The number of rotatable bonds is 5. The Morgan fingerprint density at radius 2 is 1.83 bits per heavy atom. The molecule has 1 saturated carbocycles. The Balaban J connectivity index is 1.36. The van der Waals surface area contributed by atoms with E-state index in [0.29, 0.717) is 12.1 Å². The molecule has 1 aliphatic heterocycles. The Bertz CT molecular complexity index is 660. The van der Waals surface area contributed by atoms with Crippen molar-refractivity contribution in [3.05, 3.63) is 48.0 Å². The summed E-state index contributed by atoms with van der Waals surface area (Å²) in [5, 5.41) is 2.68. The Morgan fingerprint density at radius 1 is 1.00 bits per heavy atom. The van der Waals surface area contributed by atoms with E-state index in [1.807, 2.05) is 0 Å². The Morgan fingerprint density at radius 3 is 2.75 bits per heavy atom. The van der Waals surface area contributed by atoms with E-state index in [0.717, 1.165) is 39.3 Å². The van der Waals surface area contributed by atoms with Gasteiger partial charge in [-0.25, -0.2) is 0 Å². The smallest absolute Gasteiger partial charge is 0.0730 e. The molecule has 4 rings (SSSR count). The SMILES string of the molecule is c1ccc2c(CCO[C@H]3CCC[C@@H]3N3CCOCC3)cccc2c1. The first-order valence-corrected chi connectivity index (χ1v) is 9.32. The minimum Gasteiger partial charge on any atom is -0.379 e. The van der Waals surface area contributed by atoms with Crippen molar-refractivity contribution in [2.45, 2.75) is 37.8 Å². The highest BCUT2D eigenvalue weighted by Gasteiger charge is 2.33. The number of nitrogens with zero attached hydrogens (tertiary/aromatic N) is 1. The van der Waals surface area contributed by atoms with Crippen LogP contribution < -0.4 is 0 Å². The third kappa shape index (κ3) is 3.49. The number of ether oxygens (including phenoxy) is 2. The van der Waals surface area contributed by atoms with E-state index in [9.17, 15) is 0 Å².